The van der Waals surface area contributed by atoms with Crippen LogP contribution in [0, 0.1) is 10.1 Å². The van der Waals surface area contributed by atoms with Crippen molar-refractivity contribution >= 4 is 5.69 Å². The van der Waals surface area contributed by atoms with Crippen molar-refractivity contribution in [2.75, 3.05) is 26.9 Å². The Labute approximate surface area is 116 Å². The van der Waals surface area contributed by atoms with Gasteiger partial charge in [0.25, 0.3) is 5.69 Å². The van der Waals surface area contributed by atoms with Crippen molar-refractivity contribution in [2.24, 2.45) is 0 Å². The van der Waals surface area contributed by atoms with Crippen molar-refractivity contribution < 1.29 is 23.9 Å². The molecule has 1 aromatic carbocycles. The molecule has 1 saturated heterocycles. The highest BCUT2D eigenvalue weighted by molar-refractivity contribution is 5.48. The van der Waals surface area contributed by atoms with Crippen molar-refractivity contribution in [1.29, 1.82) is 0 Å². The number of ether oxygens (including phenoxy) is 4. The molecule has 0 radical (unpaired) electrons. The fourth-order valence-electron chi connectivity index (χ4n) is 1.86. The summed E-state index contributed by atoms with van der Waals surface area (Å²) in [6, 6.07) is 4.24. The maximum atomic E-state index is 10.7. The Morgan fingerprint density at radius 3 is 2.75 bits per heavy atom. The summed E-state index contributed by atoms with van der Waals surface area (Å²) >= 11 is 0. The van der Waals surface area contributed by atoms with Crippen LogP contribution in [0.4, 0.5) is 5.69 Å². The number of hydrogen-bond acceptors (Lipinski definition) is 6. The number of nitrogens with zero attached hydrogens (tertiary/aromatic N) is 1. The number of nitro benzene ring substituents is 1. The van der Waals surface area contributed by atoms with Crippen molar-refractivity contribution in [3.8, 4) is 11.5 Å². The summed E-state index contributed by atoms with van der Waals surface area (Å²) in [4.78, 5) is 10.2. The molecule has 0 aliphatic carbocycles. The molecular weight excluding hydrogens is 266 g/mol. The Morgan fingerprint density at radius 1 is 1.35 bits per heavy atom. The van der Waals surface area contributed by atoms with Crippen LogP contribution in [0.3, 0.4) is 0 Å². The average Bonchev–Trinajstić information content (AvgIpc) is 2.48. The summed E-state index contributed by atoms with van der Waals surface area (Å²) in [5.41, 5.74) is -0.0341. The van der Waals surface area contributed by atoms with E-state index in [1.165, 1.54) is 25.3 Å². The molecule has 7 heteroatoms. The van der Waals surface area contributed by atoms with E-state index in [2.05, 4.69) is 0 Å². The second-order valence-electron chi connectivity index (χ2n) is 4.25. The number of non-ortho nitro benzene ring substituents is 1. The van der Waals surface area contributed by atoms with Crippen molar-refractivity contribution in [1.82, 2.24) is 0 Å². The third kappa shape index (κ3) is 3.82. The molecule has 7 nitrogen and oxygen atoms in total. The highest BCUT2D eigenvalue weighted by Crippen LogP contribution is 2.31. The van der Waals surface area contributed by atoms with E-state index in [1.807, 2.05) is 0 Å². The van der Waals surface area contributed by atoms with Gasteiger partial charge in [0.05, 0.1) is 37.9 Å². The lowest BCUT2D eigenvalue weighted by molar-refractivity contribution is -0.385. The second kappa shape index (κ2) is 7.06. The van der Waals surface area contributed by atoms with E-state index < -0.39 is 4.92 Å². The number of methoxy groups -OCH3 is 1. The number of rotatable bonds is 6. The van der Waals surface area contributed by atoms with E-state index in [1.54, 1.807) is 0 Å². The van der Waals surface area contributed by atoms with Crippen molar-refractivity contribution in [3.63, 3.8) is 0 Å². The minimum Gasteiger partial charge on any atom is -0.493 e. The van der Waals surface area contributed by atoms with Gasteiger partial charge in [-0.25, -0.2) is 0 Å². The topological polar surface area (TPSA) is 80.1 Å². The molecule has 1 aliphatic heterocycles. The summed E-state index contributed by atoms with van der Waals surface area (Å²) in [6.45, 7) is 1.79. The summed E-state index contributed by atoms with van der Waals surface area (Å²) in [6.07, 6.45) is 1.26. The van der Waals surface area contributed by atoms with Crippen LogP contribution in [0.15, 0.2) is 18.2 Å². The van der Waals surface area contributed by atoms with Gasteiger partial charge in [0, 0.05) is 12.5 Å². The molecule has 1 heterocycles. The van der Waals surface area contributed by atoms with E-state index in [-0.39, 0.29) is 12.0 Å². The molecule has 0 bridgehead atoms. The average molecular weight is 283 g/mol. The van der Waals surface area contributed by atoms with Gasteiger partial charge in [-0.3, -0.25) is 10.1 Å². The van der Waals surface area contributed by atoms with Gasteiger partial charge in [-0.15, -0.1) is 0 Å². The number of nitro groups is 1. The molecule has 2 rings (SSSR count). The number of benzene rings is 1. The maximum absolute atomic E-state index is 10.7. The Kier molecular flexibility index (Phi) is 5.14. The first-order valence-electron chi connectivity index (χ1n) is 6.39. The van der Waals surface area contributed by atoms with Gasteiger partial charge in [-0.05, 0) is 12.5 Å². The van der Waals surface area contributed by atoms with Gasteiger partial charge in [0.15, 0.2) is 17.8 Å². The molecule has 20 heavy (non-hydrogen) atoms. The SMILES string of the molecule is COc1cc([N+](=O)[O-])ccc1OCCC1OCCCO1. The van der Waals surface area contributed by atoms with Gasteiger partial charge >= 0.3 is 0 Å². The van der Waals surface area contributed by atoms with Crippen LogP contribution in [-0.4, -0.2) is 38.1 Å². The smallest absolute Gasteiger partial charge is 0.273 e. The van der Waals surface area contributed by atoms with Crippen LogP contribution in [0.2, 0.25) is 0 Å². The molecule has 110 valence electrons. The molecule has 1 fully saturated rings. The van der Waals surface area contributed by atoms with Crippen LogP contribution in [0.25, 0.3) is 0 Å². The minimum absolute atomic E-state index is 0.0341. The van der Waals surface area contributed by atoms with Crippen LogP contribution in [0.5, 0.6) is 11.5 Å². The van der Waals surface area contributed by atoms with E-state index in [9.17, 15) is 10.1 Å². The lowest BCUT2D eigenvalue weighted by Gasteiger charge is -2.23. The second-order valence-corrected chi connectivity index (χ2v) is 4.25. The normalized spacial score (nSPS) is 15.8. The molecule has 0 amide bonds. The molecule has 1 aliphatic rings. The van der Waals surface area contributed by atoms with Gasteiger partial charge in [-0.2, -0.15) is 0 Å². The Morgan fingerprint density at radius 2 is 2.10 bits per heavy atom. The predicted octanol–water partition coefficient (Wildman–Crippen LogP) is 2.14. The van der Waals surface area contributed by atoms with Gasteiger partial charge in [0.1, 0.15) is 0 Å². The molecule has 0 saturated carbocycles. The Hall–Kier alpha value is -1.86. The summed E-state index contributed by atoms with van der Waals surface area (Å²) < 4.78 is 21.4. The fraction of sp³-hybridized carbons (Fsp3) is 0.538. The molecule has 1 aromatic rings. The van der Waals surface area contributed by atoms with E-state index in [0.29, 0.717) is 37.7 Å². The predicted molar refractivity (Wildman–Crippen MR) is 70.1 cm³/mol. The zero-order valence-corrected chi connectivity index (χ0v) is 11.2. The third-order valence-electron chi connectivity index (χ3n) is 2.87. The molecule has 0 atom stereocenters. The molecule has 0 unspecified atom stereocenters. The first-order chi connectivity index (χ1) is 9.70. The lowest BCUT2D eigenvalue weighted by atomic mass is 10.3. The fourth-order valence-corrected chi connectivity index (χ4v) is 1.86. The minimum atomic E-state index is -0.476. The molecule has 0 aromatic heterocycles. The lowest BCUT2D eigenvalue weighted by Crippen LogP contribution is -2.26. The van der Waals surface area contributed by atoms with Crippen LogP contribution >= 0.6 is 0 Å². The quantitative estimate of drug-likeness (QED) is 0.587. The number of hydrogen-bond donors (Lipinski definition) is 0. The van der Waals surface area contributed by atoms with E-state index >= 15 is 0 Å². The van der Waals surface area contributed by atoms with Crippen LogP contribution < -0.4 is 9.47 Å². The molecular formula is C13H17NO6. The highest BCUT2D eigenvalue weighted by atomic mass is 16.7. The van der Waals surface area contributed by atoms with Gasteiger partial charge in [-0.1, -0.05) is 0 Å². The van der Waals surface area contributed by atoms with Crippen LogP contribution in [0.1, 0.15) is 12.8 Å². The van der Waals surface area contributed by atoms with E-state index in [4.69, 9.17) is 18.9 Å². The van der Waals surface area contributed by atoms with Crippen molar-refractivity contribution in [2.45, 2.75) is 19.1 Å². The standard InChI is InChI=1S/C13H17NO6/c1-17-12-9-10(14(15)16)3-4-11(12)18-8-5-13-19-6-2-7-20-13/h3-4,9,13H,2,5-8H2,1H3. The zero-order valence-electron chi connectivity index (χ0n) is 11.2. The summed E-state index contributed by atoms with van der Waals surface area (Å²) in [5, 5.41) is 10.7. The first-order valence-corrected chi connectivity index (χ1v) is 6.39. The summed E-state index contributed by atoms with van der Waals surface area (Å²) in [5.74, 6) is 0.804. The van der Waals surface area contributed by atoms with Gasteiger partial charge in [0.2, 0.25) is 0 Å². The highest BCUT2D eigenvalue weighted by Gasteiger charge is 2.16. The molecule has 0 N–H and O–H groups in total. The Balaban J connectivity index is 1.89. The monoisotopic (exact) mass is 283 g/mol. The van der Waals surface area contributed by atoms with Crippen LogP contribution in [-0.2, 0) is 9.47 Å². The van der Waals surface area contributed by atoms with E-state index in [0.717, 1.165) is 6.42 Å². The largest absolute Gasteiger partial charge is 0.493 e. The third-order valence-corrected chi connectivity index (χ3v) is 2.87. The molecule has 0 spiro atoms. The van der Waals surface area contributed by atoms with Gasteiger partial charge < -0.3 is 18.9 Å². The maximum Gasteiger partial charge on any atom is 0.273 e. The summed E-state index contributed by atoms with van der Waals surface area (Å²) in [7, 11) is 1.44. The Bertz CT molecular complexity index is 458. The first kappa shape index (κ1) is 14.5. The zero-order chi connectivity index (χ0) is 14.4. The van der Waals surface area contributed by atoms with Crippen molar-refractivity contribution in [3.05, 3.63) is 28.3 Å².